The van der Waals surface area contributed by atoms with Crippen LogP contribution in [0.1, 0.15) is 41.5 Å². The monoisotopic (exact) mass is 292 g/mol. The summed E-state index contributed by atoms with van der Waals surface area (Å²) < 4.78 is 10.2. The maximum atomic E-state index is 2.70. The van der Waals surface area contributed by atoms with E-state index in [9.17, 15) is 0 Å². The molecule has 1 saturated heterocycles. The smallest absolute Gasteiger partial charge is 0.132 e. The molecule has 0 N–H and O–H groups in total. The van der Waals surface area contributed by atoms with Gasteiger partial charge in [-0.25, -0.2) is 8.88 Å². The molecule has 0 amide bonds. The molecule has 6 heteroatoms. The summed E-state index contributed by atoms with van der Waals surface area (Å²) in [7, 11) is 8.11. The Bertz CT molecular complexity index is 255. The third kappa shape index (κ3) is 3.06. The number of nitrogens with zero attached hydrogens (tertiary/aromatic N) is 4. The lowest BCUT2D eigenvalue weighted by atomic mass is 10.1. The van der Waals surface area contributed by atoms with Gasteiger partial charge in [0.2, 0.25) is 0 Å². The van der Waals surface area contributed by atoms with Gasteiger partial charge in [0.15, 0.2) is 0 Å². The van der Waals surface area contributed by atoms with Crippen LogP contribution in [0, 0.1) is 0 Å². The van der Waals surface area contributed by atoms with Gasteiger partial charge in [0.1, 0.15) is 16.7 Å². The first kappa shape index (κ1) is 16.8. The average molecular weight is 292 g/mol. The van der Waals surface area contributed by atoms with Crippen LogP contribution in [0.4, 0.5) is 0 Å². The highest BCUT2D eigenvalue weighted by molar-refractivity contribution is 7.80. The maximum absolute atomic E-state index is 2.70. The van der Waals surface area contributed by atoms with E-state index < -0.39 is 0 Å². The zero-order valence-electron chi connectivity index (χ0n) is 13.7. The molecule has 0 radical (unpaired) electrons. The van der Waals surface area contributed by atoms with Crippen LogP contribution in [0.5, 0.6) is 0 Å². The van der Waals surface area contributed by atoms with Crippen LogP contribution in [-0.2, 0) is 0 Å². The quantitative estimate of drug-likeness (QED) is 0.718. The fourth-order valence-corrected chi connectivity index (χ4v) is 9.35. The van der Waals surface area contributed by atoms with E-state index in [1.165, 1.54) is 0 Å². The van der Waals surface area contributed by atoms with Crippen molar-refractivity contribution in [2.24, 2.45) is 0 Å². The van der Waals surface area contributed by atoms with Gasteiger partial charge in [0, 0.05) is 11.1 Å². The molecule has 1 rings (SSSR count). The summed E-state index contributed by atoms with van der Waals surface area (Å²) in [5.41, 5.74) is 0.432. The van der Waals surface area contributed by atoms with Gasteiger partial charge < -0.3 is 0 Å². The topological polar surface area (TPSA) is 13.0 Å². The Labute approximate surface area is 116 Å². The Hall–Kier alpha value is 0.700. The molecule has 1 aliphatic heterocycles. The summed E-state index contributed by atoms with van der Waals surface area (Å²) in [5, 5.41) is 0. The lowest BCUT2D eigenvalue weighted by molar-refractivity contribution is 0.244. The Morgan fingerprint density at radius 1 is 0.611 bits per heavy atom. The second kappa shape index (κ2) is 5.24. The highest BCUT2D eigenvalue weighted by atomic mass is 31.3. The van der Waals surface area contributed by atoms with E-state index in [-0.39, 0.29) is 27.8 Å². The highest BCUT2D eigenvalue weighted by Gasteiger charge is 2.58. The van der Waals surface area contributed by atoms with Crippen LogP contribution in [-0.4, -0.2) is 57.5 Å². The molecule has 0 aromatic heterocycles. The van der Waals surface area contributed by atoms with Crippen LogP contribution in [0.15, 0.2) is 0 Å². The van der Waals surface area contributed by atoms with Gasteiger partial charge in [0.05, 0.1) is 0 Å². The molecule has 18 heavy (non-hydrogen) atoms. The molecule has 0 unspecified atom stereocenters. The van der Waals surface area contributed by atoms with Gasteiger partial charge in [-0.3, -0.25) is 9.34 Å². The van der Waals surface area contributed by atoms with E-state index in [4.69, 9.17) is 0 Å². The Morgan fingerprint density at radius 3 is 0.944 bits per heavy atom. The molecule has 108 valence electrons. The number of hydrogen-bond acceptors (Lipinski definition) is 4. The van der Waals surface area contributed by atoms with Gasteiger partial charge >= 0.3 is 0 Å². The second-order valence-electron chi connectivity index (χ2n) is 7.15. The van der Waals surface area contributed by atoms with Crippen molar-refractivity contribution in [3.05, 3.63) is 0 Å². The van der Waals surface area contributed by atoms with Gasteiger partial charge in [-0.2, -0.15) is 0 Å². The van der Waals surface area contributed by atoms with Crippen LogP contribution in [0.3, 0.4) is 0 Å². The van der Waals surface area contributed by atoms with E-state index in [1.807, 2.05) is 0 Å². The molecule has 0 aromatic rings. The largest absolute Gasteiger partial charge is 0.263 e. The maximum Gasteiger partial charge on any atom is 0.132 e. The SMILES string of the molecule is CN(C)P1N(C(C)(C)C)P(N(C)C)N1C(C)(C)C. The molecular weight excluding hydrogens is 262 g/mol. The Kier molecular flexibility index (Phi) is 4.87. The molecule has 1 aliphatic rings. The minimum Gasteiger partial charge on any atom is -0.263 e. The predicted octanol–water partition coefficient (Wildman–Crippen LogP) is 3.78. The van der Waals surface area contributed by atoms with Gasteiger partial charge in [-0.1, -0.05) is 0 Å². The fraction of sp³-hybridized carbons (Fsp3) is 1.00. The zero-order chi connectivity index (χ0) is 14.5. The second-order valence-corrected chi connectivity index (χ2v) is 12.1. The van der Waals surface area contributed by atoms with Crippen LogP contribution in [0.25, 0.3) is 0 Å². The van der Waals surface area contributed by atoms with E-state index in [0.717, 1.165) is 0 Å². The standard InChI is InChI=1S/C12H30N4P2/c1-11(2,3)15-17(13(7)8)16(12(4,5)6)18(15)14(9)10/h1-10H3. The molecule has 0 spiro atoms. The average Bonchev–Trinajstić information content (AvgIpc) is 1.92. The van der Waals surface area contributed by atoms with E-state index in [1.54, 1.807) is 0 Å². The molecular formula is C12H30N4P2. The Morgan fingerprint density at radius 2 is 0.833 bits per heavy atom. The summed E-state index contributed by atoms with van der Waals surface area (Å²) in [6.07, 6.45) is 0. The highest BCUT2D eigenvalue weighted by Crippen LogP contribution is 2.82. The fourth-order valence-electron chi connectivity index (χ4n) is 2.02. The minimum absolute atomic E-state index is 0.216. The minimum atomic E-state index is -0.344. The normalized spacial score (nSPS) is 28.0. The zero-order valence-corrected chi connectivity index (χ0v) is 15.5. The number of rotatable bonds is 2. The van der Waals surface area contributed by atoms with Crippen molar-refractivity contribution in [2.75, 3.05) is 28.2 Å². The lowest BCUT2D eigenvalue weighted by Gasteiger charge is -2.67. The van der Waals surface area contributed by atoms with Gasteiger partial charge in [0.25, 0.3) is 0 Å². The molecule has 0 bridgehead atoms. The summed E-state index contributed by atoms with van der Waals surface area (Å²) in [6.45, 7) is 13.9. The summed E-state index contributed by atoms with van der Waals surface area (Å²) in [6, 6.07) is 0. The lowest BCUT2D eigenvalue weighted by Crippen LogP contribution is -2.57. The summed E-state index contributed by atoms with van der Waals surface area (Å²) >= 11 is 0. The summed E-state index contributed by atoms with van der Waals surface area (Å²) in [4.78, 5) is 0. The molecule has 0 aliphatic carbocycles. The van der Waals surface area contributed by atoms with E-state index in [2.05, 4.69) is 88.0 Å². The third-order valence-corrected chi connectivity index (χ3v) is 9.70. The van der Waals surface area contributed by atoms with E-state index in [0.29, 0.717) is 0 Å². The van der Waals surface area contributed by atoms with Crippen molar-refractivity contribution in [1.82, 2.24) is 18.2 Å². The molecule has 4 nitrogen and oxygen atoms in total. The van der Waals surface area contributed by atoms with Crippen molar-refractivity contribution in [1.29, 1.82) is 0 Å². The van der Waals surface area contributed by atoms with Crippen LogP contribution < -0.4 is 0 Å². The molecule has 0 atom stereocenters. The van der Waals surface area contributed by atoms with Crippen LogP contribution in [0.2, 0.25) is 0 Å². The third-order valence-electron chi connectivity index (χ3n) is 2.59. The first-order valence-electron chi connectivity index (χ1n) is 6.44. The van der Waals surface area contributed by atoms with E-state index >= 15 is 0 Å². The summed E-state index contributed by atoms with van der Waals surface area (Å²) in [5.74, 6) is 0. The van der Waals surface area contributed by atoms with Crippen molar-refractivity contribution >= 4 is 16.7 Å². The van der Waals surface area contributed by atoms with Gasteiger partial charge in [-0.05, 0) is 69.7 Å². The Balaban J connectivity index is 3.11. The van der Waals surface area contributed by atoms with Crippen molar-refractivity contribution < 1.29 is 0 Å². The first-order chi connectivity index (χ1) is 7.89. The van der Waals surface area contributed by atoms with Crippen molar-refractivity contribution in [3.8, 4) is 0 Å². The van der Waals surface area contributed by atoms with Crippen molar-refractivity contribution in [2.45, 2.75) is 52.6 Å². The molecule has 1 heterocycles. The molecule has 0 saturated carbocycles. The molecule has 0 aromatic carbocycles. The van der Waals surface area contributed by atoms with Gasteiger partial charge in [-0.15, -0.1) is 0 Å². The van der Waals surface area contributed by atoms with Crippen molar-refractivity contribution in [3.63, 3.8) is 0 Å². The van der Waals surface area contributed by atoms with Crippen LogP contribution >= 0.6 is 16.7 Å². The predicted molar refractivity (Wildman–Crippen MR) is 84.4 cm³/mol. The first-order valence-corrected chi connectivity index (χ1v) is 8.84. The molecule has 1 fully saturated rings. The number of hydrogen-bond donors (Lipinski definition) is 0.